The fourth-order valence-electron chi connectivity index (χ4n) is 3.59. The minimum Gasteiger partial charge on any atom is -0.437 e. The highest BCUT2D eigenvalue weighted by atomic mass is 16.5. The van der Waals surface area contributed by atoms with Gasteiger partial charge in [0.1, 0.15) is 11.4 Å². The Hall–Kier alpha value is -3.22. The summed E-state index contributed by atoms with van der Waals surface area (Å²) in [7, 11) is 0. The molecule has 1 fully saturated rings. The fourth-order valence-corrected chi connectivity index (χ4v) is 3.59. The predicted octanol–water partition coefficient (Wildman–Crippen LogP) is 3.63. The number of piperidine rings is 1. The normalized spacial score (nSPS) is 16.8. The highest BCUT2D eigenvalue weighted by Gasteiger charge is 2.30. The summed E-state index contributed by atoms with van der Waals surface area (Å²) in [5.41, 5.74) is 3.24. The molecule has 0 bridgehead atoms. The minimum absolute atomic E-state index is 0.00112. The average molecular weight is 377 g/mol. The summed E-state index contributed by atoms with van der Waals surface area (Å²) >= 11 is 0. The Morgan fingerprint density at radius 2 is 2.04 bits per heavy atom. The predicted molar refractivity (Wildman–Crippen MR) is 104 cm³/mol. The van der Waals surface area contributed by atoms with Gasteiger partial charge in [-0.1, -0.05) is 18.2 Å². The molecule has 1 amide bonds. The Bertz CT molecular complexity index is 984. The number of amides is 1. The summed E-state index contributed by atoms with van der Waals surface area (Å²) in [6, 6.07) is 7.83. The largest absolute Gasteiger partial charge is 0.437 e. The molecule has 1 saturated heterocycles. The van der Waals surface area contributed by atoms with E-state index in [0.717, 1.165) is 42.1 Å². The third-order valence-electron chi connectivity index (χ3n) is 5.15. The van der Waals surface area contributed by atoms with E-state index < -0.39 is 0 Å². The molecular weight excluding hydrogens is 354 g/mol. The van der Waals surface area contributed by atoms with Crippen LogP contribution in [0.2, 0.25) is 0 Å². The SMILES string of the molecule is Cc1ccccc1Oc1nccnc1C1CCCN(C(=O)c2cn[nH]c2C)C1. The van der Waals surface area contributed by atoms with E-state index in [1.807, 2.05) is 43.0 Å². The number of nitrogens with zero attached hydrogens (tertiary/aromatic N) is 4. The van der Waals surface area contributed by atoms with Crippen molar-refractivity contribution in [3.05, 3.63) is 65.4 Å². The lowest BCUT2D eigenvalue weighted by Gasteiger charge is -2.32. The highest BCUT2D eigenvalue weighted by molar-refractivity contribution is 5.95. The van der Waals surface area contributed by atoms with Crippen LogP contribution in [0.5, 0.6) is 11.6 Å². The average Bonchev–Trinajstić information content (AvgIpc) is 3.15. The van der Waals surface area contributed by atoms with Crippen LogP contribution in [0, 0.1) is 13.8 Å². The maximum atomic E-state index is 12.9. The molecule has 1 aliphatic rings. The zero-order valence-corrected chi connectivity index (χ0v) is 16.1. The van der Waals surface area contributed by atoms with Crippen LogP contribution in [-0.2, 0) is 0 Å². The summed E-state index contributed by atoms with van der Waals surface area (Å²) in [6.07, 6.45) is 6.76. The van der Waals surface area contributed by atoms with Crippen LogP contribution in [0.25, 0.3) is 0 Å². The smallest absolute Gasteiger partial charge is 0.257 e. The van der Waals surface area contributed by atoms with Gasteiger partial charge in [0, 0.05) is 37.1 Å². The number of aromatic nitrogens is 4. The molecule has 3 aromatic rings. The lowest BCUT2D eigenvalue weighted by atomic mass is 9.94. The van der Waals surface area contributed by atoms with Crippen molar-refractivity contribution >= 4 is 5.91 Å². The molecule has 1 atom stereocenters. The van der Waals surface area contributed by atoms with Gasteiger partial charge in [0.05, 0.1) is 11.8 Å². The van der Waals surface area contributed by atoms with Crippen LogP contribution in [0.15, 0.2) is 42.9 Å². The topological polar surface area (TPSA) is 84.0 Å². The fraction of sp³-hybridized carbons (Fsp3) is 0.333. The number of ether oxygens (including phenoxy) is 1. The molecule has 0 aliphatic carbocycles. The number of hydrogen-bond acceptors (Lipinski definition) is 5. The first-order valence-corrected chi connectivity index (χ1v) is 9.47. The molecule has 0 saturated carbocycles. The van der Waals surface area contributed by atoms with Gasteiger partial charge in [0.2, 0.25) is 5.88 Å². The van der Waals surface area contributed by atoms with Gasteiger partial charge in [-0.3, -0.25) is 14.9 Å². The highest BCUT2D eigenvalue weighted by Crippen LogP contribution is 2.33. The van der Waals surface area contributed by atoms with E-state index in [1.54, 1.807) is 18.6 Å². The van der Waals surface area contributed by atoms with Crippen molar-refractivity contribution in [3.63, 3.8) is 0 Å². The van der Waals surface area contributed by atoms with Crippen molar-refractivity contribution in [1.82, 2.24) is 25.1 Å². The summed E-state index contributed by atoms with van der Waals surface area (Å²) in [5.74, 6) is 1.36. The van der Waals surface area contributed by atoms with Gasteiger partial charge in [-0.05, 0) is 38.3 Å². The maximum Gasteiger partial charge on any atom is 0.257 e. The van der Waals surface area contributed by atoms with Crippen LogP contribution < -0.4 is 4.74 Å². The Labute approximate surface area is 163 Å². The van der Waals surface area contributed by atoms with E-state index in [4.69, 9.17) is 4.74 Å². The Balaban J connectivity index is 1.57. The molecule has 1 aromatic carbocycles. The van der Waals surface area contributed by atoms with E-state index in [1.165, 1.54) is 0 Å². The van der Waals surface area contributed by atoms with E-state index in [9.17, 15) is 4.79 Å². The molecule has 3 heterocycles. The Kier molecular flexibility index (Phi) is 5.06. The zero-order valence-electron chi connectivity index (χ0n) is 16.1. The van der Waals surface area contributed by atoms with Crippen LogP contribution in [0.1, 0.15) is 46.1 Å². The minimum atomic E-state index is 0.00112. The number of likely N-dealkylation sites (tertiary alicyclic amines) is 1. The summed E-state index contributed by atoms with van der Waals surface area (Å²) in [6.45, 7) is 5.18. The number of para-hydroxylation sites is 1. The molecular formula is C21H23N5O2. The summed E-state index contributed by atoms with van der Waals surface area (Å²) < 4.78 is 6.09. The van der Waals surface area contributed by atoms with Crippen molar-refractivity contribution in [2.75, 3.05) is 13.1 Å². The molecule has 28 heavy (non-hydrogen) atoms. The standard InChI is InChI=1S/C21H23N5O2/c1-14-6-3-4-8-18(14)28-20-19(22-9-10-23-20)16-7-5-11-26(13-16)21(27)17-12-24-25-15(17)2/h3-4,6,8-10,12,16H,5,7,11,13H2,1-2H3,(H,24,25). The number of benzene rings is 1. The van der Waals surface area contributed by atoms with Gasteiger partial charge in [0.25, 0.3) is 5.91 Å². The zero-order chi connectivity index (χ0) is 19.5. The van der Waals surface area contributed by atoms with Gasteiger partial charge >= 0.3 is 0 Å². The van der Waals surface area contributed by atoms with E-state index in [-0.39, 0.29) is 11.8 Å². The van der Waals surface area contributed by atoms with Crippen molar-refractivity contribution < 1.29 is 9.53 Å². The molecule has 7 heteroatoms. The van der Waals surface area contributed by atoms with Gasteiger partial charge in [-0.15, -0.1) is 0 Å². The van der Waals surface area contributed by atoms with Crippen LogP contribution >= 0.6 is 0 Å². The summed E-state index contributed by atoms with van der Waals surface area (Å²) in [4.78, 5) is 23.7. The number of aryl methyl sites for hydroxylation is 2. The molecule has 0 spiro atoms. The lowest BCUT2D eigenvalue weighted by molar-refractivity contribution is 0.0704. The van der Waals surface area contributed by atoms with E-state index in [0.29, 0.717) is 18.0 Å². The number of carbonyl (C=O) groups excluding carboxylic acids is 1. The quantitative estimate of drug-likeness (QED) is 0.751. The van der Waals surface area contributed by atoms with Crippen LogP contribution in [0.3, 0.4) is 0 Å². The number of H-pyrrole nitrogens is 1. The summed E-state index contributed by atoms with van der Waals surface area (Å²) in [5, 5.41) is 6.80. The molecule has 0 radical (unpaired) electrons. The molecule has 1 aliphatic heterocycles. The van der Waals surface area contributed by atoms with Gasteiger partial charge in [-0.2, -0.15) is 5.10 Å². The first-order valence-electron chi connectivity index (χ1n) is 9.47. The molecule has 1 N–H and O–H groups in total. The second-order valence-corrected chi connectivity index (χ2v) is 7.11. The van der Waals surface area contributed by atoms with Crippen molar-refractivity contribution in [1.29, 1.82) is 0 Å². The first-order chi connectivity index (χ1) is 13.6. The molecule has 4 rings (SSSR count). The number of hydrogen-bond donors (Lipinski definition) is 1. The third kappa shape index (κ3) is 3.60. The van der Waals surface area contributed by atoms with E-state index in [2.05, 4.69) is 20.2 Å². The molecule has 144 valence electrons. The number of carbonyl (C=O) groups is 1. The first kappa shape index (κ1) is 18.2. The van der Waals surface area contributed by atoms with Crippen molar-refractivity contribution in [2.24, 2.45) is 0 Å². The second-order valence-electron chi connectivity index (χ2n) is 7.11. The van der Waals surface area contributed by atoms with Crippen LogP contribution in [0.4, 0.5) is 0 Å². The van der Waals surface area contributed by atoms with Crippen LogP contribution in [-0.4, -0.2) is 44.1 Å². The third-order valence-corrected chi connectivity index (χ3v) is 5.15. The Morgan fingerprint density at radius 1 is 1.21 bits per heavy atom. The second kappa shape index (κ2) is 7.80. The Morgan fingerprint density at radius 3 is 2.82 bits per heavy atom. The molecule has 1 unspecified atom stereocenters. The maximum absolute atomic E-state index is 12.9. The van der Waals surface area contributed by atoms with Gasteiger partial charge in [-0.25, -0.2) is 4.98 Å². The van der Waals surface area contributed by atoms with Gasteiger partial charge < -0.3 is 9.64 Å². The van der Waals surface area contributed by atoms with Gasteiger partial charge in [0.15, 0.2) is 0 Å². The number of rotatable bonds is 4. The van der Waals surface area contributed by atoms with Crippen molar-refractivity contribution in [2.45, 2.75) is 32.6 Å². The molecule has 7 nitrogen and oxygen atoms in total. The monoisotopic (exact) mass is 377 g/mol. The van der Waals surface area contributed by atoms with E-state index >= 15 is 0 Å². The number of aromatic amines is 1. The molecule has 2 aromatic heterocycles. The number of nitrogens with one attached hydrogen (secondary N) is 1. The lowest BCUT2D eigenvalue weighted by Crippen LogP contribution is -2.39. The van der Waals surface area contributed by atoms with Crippen molar-refractivity contribution in [3.8, 4) is 11.6 Å².